The minimum atomic E-state index is -0.212. The van der Waals surface area contributed by atoms with E-state index < -0.39 is 0 Å². The van der Waals surface area contributed by atoms with Crippen LogP contribution in [0.3, 0.4) is 0 Å². The van der Waals surface area contributed by atoms with Crippen molar-refractivity contribution in [2.24, 2.45) is 0 Å². The molecule has 5 rings (SSSR count). The Morgan fingerprint density at radius 3 is 2.63 bits per heavy atom. The number of amides is 1. The lowest BCUT2D eigenvalue weighted by Gasteiger charge is -2.17. The second-order valence-electron chi connectivity index (χ2n) is 6.84. The molecule has 136 valence electrons. The Morgan fingerprint density at radius 1 is 1.07 bits per heavy atom. The second kappa shape index (κ2) is 6.15. The van der Waals surface area contributed by atoms with Gasteiger partial charge in [0.2, 0.25) is 0 Å². The van der Waals surface area contributed by atoms with Crippen molar-refractivity contribution < 1.29 is 4.79 Å². The number of anilines is 2. The van der Waals surface area contributed by atoms with Crippen molar-refractivity contribution in [3.63, 3.8) is 0 Å². The van der Waals surface area contributed by atoms with E-state index in [1.54, 1.807) is 23.4 Å². The van der Waals surface area contributed by atoms with Gasteiger partial charge in [0.25, 0.3) is 0 Å². The minimum absolute atomic E-state index is 0.212. The third-order valence-electron chi connectivity index (χ3n) is 5.09. The van der Waals surface area contributed by atoms with Gasteiger partial charge in [-0.3, -0.25) is 9.88 Å². The lowest BCUT2D eigenvalue weighted by atomic mass is 10.2. The van der Waals surface area contributed by atoms with Gasteiger partial charge in [-0.05, 0) is 44.0 Å². The summed E-state index contributed by atoms with van der Waals surface area (Å²) in [5.41, 5.74) is 2.48. The molecule has 0 unspecified atom stereocenters. The fourth-order valence-electron chi connectivity index (χ4n) is 3.66. The van der Waals surface area contributed by atoms with Crippen LogP contribution < -0.4 is 9.80 Å². The van der Waals surface area contributed by atoms with Gasteiger partial charge in [0.05, 0.1) is 24.1 Å². The van der Waals surface area contributed by atoms with Crippen LogP contribution in [0.25, 0.3) is 11.4 Å². The molecule has 0 atom stereocenters. The molecule has 3 aromatic heterocycles. The number of nitrogens with zero attached hydrogens (tertiary/aromatic N) is 7. The lowest BCUT2D eigenvalue weighted by molar-refractivity contribution is 0.248. The fraction of sp³-hybridized carbons (Fsp3) is 0.316. The van der Waals surface area contributed by atoms with Gasteiger partial charge in [0.1, 0.15) is 5.82 Å². The topological polar surface area (TPSA) is 80.0 Å². The van der Waals surface area contributed by atoms with Crippen molar-refractivity contribution in [3.05, 3.63) is 48.2 Å². The molecule has 1 amide bonds. The van der Waals surface area contributed by atoms with E-state index in [2.05, 4.69) is 20.0 Å². The van der Waals surface area contributed by atoms with Gasteiger partial charge in [-0.1, -0.05) is 0 Å². The van der Waals surface area contributed by atoms with E-state index in [1.807, 2.05) is 25.1 Å². The first-order valence-corrected chi connectivity index (χ1v) is 9.11. The van der Waals surface area contributed by atoms with Crippen LogP contribution in [0.2, 0.25) is 0 Å². The zero-order valence-electron chi connectivity index (χ0n) is 15.0. The molecule has 2 aliphatic rings. The van der Waals surface area contributed by atoms with Crippen molar-refractivity contribution >= 4 is 17.5 Å². The summed E-state index contributed by atoms with van der Waals surface area (Å²) in [6.07, 6.45) is 5.78. The molecule has 0 bridgehead atoms. The largest absolute Gasteiger partial charge is 0.357 e. The summed E-state index contributed by atoms with van der Waals surface area (Å²) in [5, 5.41) is 4.45. The normalized spacial score (nSPS) is 16.3. The molecule has 0 radical (unpaired) electrons. The number of aromatic nitrogens is 5. The van der Waals surface area contributed by atoms with Crippen LogP contribution in [0.15, 0.2) is 36.7 Å². The first-order valence-electron chi connectivity index (χ1n) is 9.11. The molecule has 27 heavy (non-hydrogen) atoms. The molecule has 0 aromatic carbocycles. The molecule has 3 aromatic rings. The summed E-state index contributed by atoms with van der Waals surface area (Å²) in [7, 11) is 0. The summed E-state index contributed by atoms with van der Waals surface area (Å²) in [4.78, 5) is 30.0. The van der Waals surface area contributed by atoms with E-state index in [9.17, 15) is 4.79 Å². The number of hydrogen-bond acceptors (Lipinski definition) is 6. The Bertz CT molecular complexity index is 1010. The highest BCUT2D eigenvalue weighted by atomic mass is 16.2. The van der Waals surface area contributed by atoms with E-state index in [-0.39, 0.29) is 6.03 Å². The zero-order chi connectivity index (χ0) is 18.4. The first-order chi connectivity index (χ1) is 13.2. The Balaban J connectivity index is 1.43. The quantitative estimate of drug-likeness (QED) is 0.713. The third kappa shape index (κ3) is 2.64. The number of pyridine rings is 2. The Kier molecular flexibility index (Phi) is 3.63. The van der Waals surface area contributed by atoms with Gasteiger partial charge in [-0.15, -0.1) is 5.10 Å². The van der Waals surface area contributed by atoms with E-state index in [0.29, 0.717) is 18.2 Å². The molecular weight excluding hydrogens is 342 g/mol. The SMILES string of the molecule is Cc1nc(N2CCCC2)ccc1-c1nc2n(n1)C(=O)N(c1cccnc1)C2. The number of fused-ring (bicyclic) bond motifs is 1. The molecule has 0 N–H and O–H groups in total. The van der Waals surface area contributed by atoms with Gasteiger partial charge in [0, 0.05) is 24.8 Å². The average Bonchev–Trinajstić information content (AvgIpc) is 3.41. The lowest BCUT2D eigenvalue weighted by Crippen LogP contribution is -2.26. The maximum atomic E-state index is 12.7. The van der Waals surface area contributed by atoms with Crippen molar-refractivity contribution in [1.82, 2.24) is 24.7 Å². The zero-order valence-corrected chi connectivity index (χ0v) is 15.0. The Morgan fingerprint density at radius 2 is 1.93 bits per heavy atom. The van der Waals surface area contributed by atoms with E-state index >= 15 is 0 Å². The van der Waals surface area contributed by atoms with Crippen LogP contribution >= 0.6 is 0 Å². The van der Waals surface area contributed by atoms with Crippen LogP contribution in [0.4, 0.5) is 16.3 Å². The number of rotatable bonds is 3. The molecule has 0 aliphatic carbocycles. The molecule has 8 nitrogen and oxygen atoms in total. The minimum Gasteiger partial charge on any atom is -0.357 e. The summed E-state index contributed by atoms with van der Waals surface area (Å²) in [6, 6.07) is 7.47. The summed E-state index contributed by atoms with van der Waals surface area (Å²) < 4.78 is 1.37. The van der Waals surface area contributed by atoms with Gasteiger partial charge >= 0.3 is 6.03 Å². The van der Waals surface area contributed by atoms with Gasteiger partial charge in [-0.2, -0.15) is 4.68 Å². The molecule has 8 heteroatoms. The predicted octanol–water partition coefficient (Wildman–Crippen LogP) is 2.63. The third-order valence-corrected chi connectivity index (χ3v) is 5.09. The van der Waals surface area contributed by atoms with E-state index in [0.717, 1.165) is 35.9 Å². The van der Waals surface area contributed by atoms with Gasteiger partial charge in [-0.25, -0.2) is 14.8 Å². The monoisotopic (exact) mass is 361 g/mol. The highest BCUT2D eigenvalue weighted by molar-refractivity contribution is 5.95. The Labute approximate surface area is 156 Å². The molecule has 5 heterocycles. The summed E-state index contributed by atoms with van der Waals surface area (Å²) in [6.45, 7) is 4.46. The number of hydrogen-bond donors (Lipinski definition) is 0. The van der Waals surface area contributed by atoms with E-state index in [4.69, 9.17) is 4.98 Å². The summed E-state index contributed by atoms with van der Waals surface area (Å²) >= 11 is 0. The number of aryl methyl sites for hydroxylation is 1. The molecule has 1 fully saturated rings. The standard InChI is InChI=1S/C19H19N7O/c1-13-15(6-7-16(21-13)24-9-2-3-10-24)18-22-17-12-25(19(27)26(17)23-18)14-5-4-8-20-11-14/h4-8,11H,2-3,9-10,12H2,1H3. The maximum absolute atomic E-state index is 12.7. The van der Waals surface area contributed by atoms with Crippen LogP contribution in [-0.4, -0.2) is 43.9 Å². The molecule has 1 saturated heterocycles. The molecule has 0 spiro atoms. The highest BCUT2D eigenvalue weighted by Crippen LogP contribution is 2.27. The second-order valence-corrected chi connectivity index (χ2v) is 6.84. The van der Waals surface area contributed by atoms with E-state index in [1.165, 1.54) is 17.5 Å². The number of carbonyl (C=O) groups is 1. The van der Waals surface area contributed by atoms with Crippen molar-refractivity contribution in [3.8, 4) is 11.4 Å². The van der Waals surface area contributed by atoms with Crippen LogP contribution in [0.1, 0.15) is 24.4 Å². The fourth-order valence-corrected chi connectivity index (χ4v) is 3.66. The van der Waals surface area contributed by atoms with Crippen molar-refractivity contribution in [1.29, 1.82) is 0 Å². The molecule has 0 saturated carbocycles. The average molecular weight is 361 g/mol. The maximum Gasteiger partial charge on any atom is 0.351 e. The van der Waals surface area contributed by atoms with Crippen LogP contribution in [-0.2, 0) is 6.54 Å². The van der Waals surface area contributed by atoms with Crippen LogP contribution in [0.5, 0.6) is 0 Å². The Hall–Kier alpha value is -3.29. The van der Waals surface area contributed by atoms with Gasteiger partial charge < -0.3 is 4.90 Å². The number of carbonyl (C=O) groups excluding carboxylic acids is 1. The molecular formula is C19H19N7O. The predicted molar refractivity (Wildman–Crippen MR) is 101 cm³/mol. The smallest absolute Gasteiger partial charge is 0.351 e. The van der Waals surface area contributed by atoms with Crippen LogP contribution in [0, 0.1) is 6.92 Å². The molecule has 2 aliphatic heterocycles. The van der Waals surface area contributed by atoms with Gasteiger partial charge in [0.15, 0.2) is 11.6 Å². The van der Waals surface area contributed by atoms with Crippen molar-refractivity contribution in [2.45, 2.75) is 26.3 Å². The first kappa shape index (κ1) is 15.9. The van der Waals surface area contributed by atoms with Crippen molar-refractivity contribution in [2.75, 3.05) is 22.9 Å². The highest BCUT2D eigenvalue weighted by Gasteiger charge is 2.32. The summed E-state index contributed by atoms with van der Waals surface area (Å²) in [5.74, 6) is 2.17.